The van der Waals surface area contributed by atoms with Gasteiger partial charge in [0.25, 0.3) is 0 Å². The number of ether oxygens (including phenoxy) is 2. The molecule has 25 heavy (non-hydrogen) atoms. The van der Waals surface area contributed by atoms with Gasteiger partial charge in [0.1, 0.15) is 22.8 Å². The smallest absolute Gasteiger partial charge is 0.249 e. The number of halogens is 2. The third-order valence-electron chi connectivity index (χ3n) is 4.28. The summed E-state index contributed by atoms with van der Waals surface area (Å²) in [5, 5.41) is -0.692. The van der Waals surface area contributed by atoms with Crippen LogP contribution in [0.25, 0.3) is 10.9 Å². The van der Waals surface area contributed by atoms with Crippen LogP contribution < -0.4 is 9.64 Å². The lowest BCUT2D eigenvalue weighted by atomic mass is 10.1. The summed E-state index contributed by atoms with van der Waals surface area (Å²) in [6.07, 6.45) is 0.614. The maximum Gasteiger partial charge on any atom is 0.249 e. The van der Waals surface area contributed by atoms with Gasteiger partial charge in [-0.2, -0.15) is 4.98 Å². The van der Waals surface area contributed by atoms with Gasteiger partial charge in [-0.05, 0) is 6.92 Å². The van der Waals surface area contributed by atoms with Gasteiger partial charge in [0, 0.05) is 12.8 Å². The van der Waals surface area contributed by atoms with E-state index in [9.17, 15) is 12.8 Å². The molecule has 4 rings (SSSR count). The van der Waals surface area contributed by atoms with Crippen molar-refractivity contribution in [1.29, 1.82) is 0 Å². The summed E-state index contributed by atoms with van der Waals surface area (Å²) in [4.78, 5) is 13.9. The van der Waals surface area contributed by atoms with Crippen molar-refractivity contribution in [1.82, 2.24) is 15.0 Å². The lowest BCUT2D eigenvalue weighted by Crippen LogP contribution is -2.52. The van der Waals surface area contributed by atoms with Crippen molar-refractivity contribution >= 4 is 38.2 Å². The van der Waals surface area contributed by atoms with Crippen LogP contribution in [0.2, 0.25) is 5.15 Å². The first-order chi connectivity index (χ1) is 11.8. The quantitative estimate of drug-likeness (QED) is 0.531. The Bertz CT molecular complexity index is 987. The first-order valence-corrected chi connectivity index (χ1v) is 9.82. The summed E-state index contributed by atoms with van der Waals surface area (Å²) in [6.45, 7) is 3.08. The van der Waals surface area contributed by atoms with Gasteiger partial charge in [0.2, 0.25) is 20.9 Å². The van der Waals surface area contributed by atoms with E-state index < -0.39 is 26.0 Å². The zero-order valence-corrected chi connectivity index (χ0v) is 14.9. The Morgan fingerprint density at radius 2 is 2.08 bits per heavy atom. The van der Waals surface area contributed by atoms with Crippen molar-refractivity contribution in [2.75, 3.05) is 30.9 Å². The molecule has 2 aromatic heterocycles. The van der Waals surface area contributed by atoms with E-state index in [1.165, 1.54) is 0 Å². The van der Waals surface area contributed by atoms with Crippen molar-refractivity contribution < 1.29 is 22.3 Å². The van der Waals surface area contributed by atoms with E-state index in [0.717, 1.165) is 6.26 Å². The maximum atomic E-state index is 14.6. The van der Waals surface area contributed by atoms with Gasteiger partial charge < -0.3 is 14.4 Å². The molecule has 0 spiro atoms. The van der Waals surface area contributed by atoms with Crippen LogP contribution in [0.5, 0.6) is 5.88 Å². The minimum Gasteiger partial charge on any atom is -0.472 e. The molecular formula is C14H14ClFN4O4S. The average Bonchev–Trinajstić information content (AvgIpc) is 2.68. The molecule has 0 aliphatic carbocycles. The first kappa shape index (κ1) is 16.7. The van der Waals surface area contributed by atoms with E-state index >= 15 is 0 Å². The van der Waals surface area contributed by atoms with Crippen LogP contribution in [0.4, 0.5) is 10.2 Å². The minimum atomic E-state index is -3.76. The Morgan fingerprint density at radius 1 is 1.32 bits per heavy atom. The van der Waals surface area contributed by atoms with E-state index in [1.807, 2.05) is 11.8 Å². The number of hydrogen-bond acceptors (Lipinski definition) is 8. The minimum absolute atomic E-state index is 0.0818. The van der Waals surface area contributed by atoms with Gasteiger partial charge in [-0.3, -0.25) is 0 Å². The lowest BCUT2D eigenvalue weighted by Gasteiger charge is -2.37. The normalized spacial score (nSPS) is 23.1. The molecule has 2 aromatic rings. The molecule has 1 saturated heterocycles. The van der Waals surface area contributed by atoms with Gasteiger partial charge in [-0.1, -0.05) is 11.6 Å². The van der Waals surface area contributed by atoms with Gasteiger partial charge >= 0.3 is 0 Å². The molecule has 0 amide bonds. The predicted octanol–water partition coefficient (Wildman–Crippen LogP) is 1.21. The SMILES string of the molecule is C[C@@H]1Oc2nc(Cl)c(F)c3nc(S(C)(=O)=O)nc(c23)N2CCOC[C@@H]12. The second-order valence-electron chi connectivity index (χ2n) is 6.01. The standard InChI is InChI=1S/C14H14ClFN4O4S/c1-6-7-5-23-4-3-20(7)12-8-10(17-14(19-12)25(2,21)22)9(16)11(15)18-13(8)24-6/h6-7H,3-5H2,1-2H3/t6-,7-/m0/s1. The second-order valence-corrected chi connectivity index (χ2v) is 8.27. The van der Waals surface area contributed by atoms with Crippen LogP contribution in [0.15, 0.2) is 5.16 Å². The largest absolute Gasteiger partial charge is 0.472 e. The zero-order chi connectivity index (χ0) is 17.9. The lowest BCUT2D eigenvalue weighted by molar-refractivity contribution is 0.0524. The Balaban J connectivity index is 2.12. The number of hydrogen-bond donors (Lipinski definition) is 0. The number of anilines is 1. The van der Waals surface area contributed by atoms with Gasteiger partial charge in [0.05, 0.1) is 19.3 Å². The fourth-order valence-corrected chi connectivity index (χ4v) is 3.74. The molecule has 0 bridgehead atoms. The van der Waals surface area contributed by atoms with Crippen LogP contribution in [-0.4, -0.2) is 61.5 Å². The second kappa shape index (κ2) is 5.61. The zero-order valence-electron chi connectivity index (χ0n) is 13.4. The van der Waals surface area contributed by atoms with E-state index in [1.54, 1.807) is 0 Å². The molecule has 0 N–H and O–H groups in total. The Labute approximate surface area is 147 Å². The Hall–Kier alpha value is -1.78. The van der Waals surface area contributed by atoms with Gasteiger partial charge in [-0.25, -0.2) is 22.8 Å². The summed E-state index contributed by atoms with van der Waals surface area (Å²) in [5.74, 6) is -0.559. The molecule has 0 saturated carbocycles. The molecule has 0 radical (unpaired) electrons. The molecular weight excluding hydrogens is 375 g/mol. The average molecular weight is 389 g/mol. The number of fused-ring (bicyclic) bond motifs is 2. The van der Waals surface area contributed by atoms with Crippen molar-refractivity contribution in [3.05, 3.63) is 11.0 Å². The number of pyridine rings is 1. The van der Waals surface area contributed by atoms with Crippen LogP contribution in [0, 0.1) is 5.82 Å². The van der Waals surface area contributed by atoms with E-state index in [4.69, 9.17) is 21.1 Å². The summed E-state index contributed by atoms with van der Waals surface area (Å²) in [6, 6.07) is -0.227. The van der Waals surface area contributed by atoms with Crippen molar-refractivity contribution in [2.24, 2.45) is 0 Å². The monoisotopic (exact) mass is 388 g/mol. The van der Waals surface area contributed by atoms with Crippen LogP contribution in [-0.2, 0) is 14.6 Å². The van der Waals surface area contributed by atoms with Crippen molar-refractivity contribution in [3.8, 4) is 5.88 Å². The number of aromatic nitrogens is 3. The molecule has 134 valence electrons. The summed E-state index contributed by atoms with van der Waals surface area (Å²) >= 11 is 5.85. The fraction of sp³-hybridized carbons (Fsp3) is 0.500. The van der Waals surface area contributed by atoms with Crippen LogP contribution in [0.3, 0.4) is 0 Å². The number of rotatable bonds is 1. The molecule has 8 nitrogen and oxygen atoms in total. The topological polar surface area (TPSA) is 94.5 Å². The maximum absolute atomic E-state index is 14.6. The third-order valence-corrected chi connectivity index (χ3v) is 5.38. The van der Waals surface area contributed by atoms with Crippen LogP contribution in [0.1, 0.15) is 6.92 Å². The predicted molar refractivity (Wildman–Crippen MR) is 87.5 cm³/mol. The third kappa shape index (κ3) is 2.59. The van der Waals surface area contributed by atoms with Crippen molar-refractivity contribution in [3.63, 3.8) is 0 Å². The molecule has 0 unspecified atom stereocenters. The molecule has 2 atom stereocenters. The fourth-order valence-electron chi connectivity index (χ4n) is 3.06. The Kier molecular flexibility index (Phi) is 3.74. The summed E-state index contributed by atoms with van der Waals surface area (Å²) in [5.41, 5.74) is -0.222. The van der Waals surface area contributed by atoms with E-state index in [0.29, 0.717) is 19.8 Å². The van der Waals surface area contributed by atoms with Gasteiger partial charge in [-0.15, -0.1) is 0 Å². The van der Waals surface area contributed by atoms with Crippen molar-refractivity contribution in [2.45, 2.75) is 24.2 Å². The highest BCUT2D eigenvalue weighted by molar-refractivity contribution is 7.90. The molecule has 4 heterocycles. The molecule has 11 heteroatoms. The molecule has 2 aliphatic heterocycles. The van der Waals surface area contributed by atoms with E-state index in [-0.39, 0.29) is 34.7 Å². The first-order valence-electron chi connectivity index (χ1n) is 7.55. The highest BCUT2D eigenvalue weighted by Crippen LogP contribution is 2.40. The molecule has 0 aromatic carbocycles. The molecule has 2 aliphatic rings. The van der Waals surface area contributed by atoms with Crippen LogP contribution >= 0.6 is 11.6 Å². The number of sulfone groups is 1. The number of morpholine rings is 1. The summed E-state index contributed by atoms with van der Waals surface area (Å²) < 4.78 is 49.9. The molecule has 1 fully saturated rings. The highest BCUT2D eigenvalue weighted by Gasteiger charge is 2.38. The Morgan fingerprint density at radius 3 is 2.80 bits per heavy atom. The number of nitrogens with zero attached hydrogens (tertiary/aromatic N) is 4. The van der Waals surface area contributed by atoms with E-state index in [2.05, 4.69) is 15.0 Å². The highest BCUT2D eigenvalue weighted by atomic mass is 35.5. The van der Waals surface area contributed by atoms with Gasteiger partial charge in [0.15, 0.2) is 11.0 Å². The summed E-state index contributed by atoms with van der Waals surface area (Å²) in [7, 11) is -3.76.